The minimum absolute atomic E-state index is 0.418. The third-order valence-electron chi connectivity index (χ3n) is 6.53. The van der Waals surface area contributed by atoms with Gasteiger partial charge in [0.15, 0.2) is 0 Å². The molecule has 3 fully saturated rings. The highest BCUT2D eigenvalue weighted by Crippen LogP contribution is 2.40. The van der Waals surface area contributed by atoms with Crippen LogP contribution in [0.3, 0.4) is 0 Å². The van der Waals surface area contributed by atoms with Gasteiger partial charge in [0.2, 0.25) is 5.91 Å². The van der Waals surface area contributed by atoms with Gasteiger partial charge in [0.1, 0.15) is 5.82 Å². The smallest absolute Gasteiger partial charge is 0.222 e. The Balaban J connectivity index is 1.34. The lowest BCUT2D eigenvalue weighted by molar-refractivity contribution is -0.134. The van der Waals surface area contributed by atoms with Crippen LogP contribution in [-0.2, 0) is 11.3 Å². The first kappa shape index (κ1) is 17.1. The number of amides is 1. The molecule has 2 aliphatic carbocycles. The molecule has 2 heterocycles. The summed E-state index contributed by atoms with van der Waals surface area (Å²) in [6.07, 6.45) is 14.4. The molecule has 4 nitrogen and oxygen atoms in total. The molecule has 138 valence electrons. The summed E-state index contributed by atoms with van der Waals surface area (Å²) in [5.74, 6) is 3.65. The van der Waals surface area contributed by atoms with E-state index >= 15 is 0 Å². The Bertz CT molecular complexity index is 598. The highest BCUT2D eigenvalue weighted by molar-refractivity contribution is 5.76. The first-order valence-electron chi connectivity index (χ1n) is 10.5. The number of aromatic nitrogens is 2. The van der Waals surface area contributed by atoms with Gasteiger partial charge in [-0.15, -0.1) is 0 Å². The third kappa shape index (κ3) is 4.09. The third-order valence-corrected chi connectivity index (χ3v) is 6.53. The van der Waals surface area contributed by atoms with E-state index in [1.807, 2.05) is 6.20 Å². The van der Waals surface area contributed by atoms with E-state index in [9.17, 15) is 4.79 Å². The van der Waals surface area contributed by atoms with Crippen LogP contribution < -0.4 is 0 Å². The van der Waals surface area contributed by atoms with Crippen LogP contribution in [0.15, 0.2) is 6.20 Å². The number of aryl methyl sites for hydroxylation is 1. The Morgan fingerprint density at radius 2 is 1.84 bits per heavy atom. The summed E-state index contributed by atoms with van der Waals surface area (Å²) in [6.45, 7) is 5.15. The number of hydrogen-bond acceptors (Lipinski definition) is 2. The van der Waals surface area contributed by atoms with Gasteiger partial charge in [-0.1, -0.05) is 19.3 Å². The van der Waals surface area contributed by atoms with E-state index < -0.39 is 0 Å². The van der Waals surface area contributed by atoms with E-state index in [0.29, 0.717) is 23.7 Å². The quantitative estimate of drug-likeness (QED) is 0.800. The van der Waals surface area contributed by atoms with Gasteiger partial charge in [0.25, 0.3) is 0 Å². The molecule has 0 aromatic carbocycles. The van der Waals surface area contributed by atoms with Gasteiger partial charge in [0, 0.05) is 43.9 Å². The highest BCUT2D eigenvalue weighted by Gasteiger charge is 2.31. The van der Waals surface area contributed by atoms with Crippen LogP contribution in [0, 0.1) is 18.8 Å². The normalized spacial score (nSPS) is 25.3. The number of hydrogen-bond donors (Lipinski definition) is 0. The van der Waals surface area contributed by atoms with Crippen LogP contribution >= 0.6 is 0 Å². The second-order valence-corrected chi connectivity index (χ2v) is 8.70. The molecule has 1 aromatic rings. The molecular formula is C21H33N3O. The number of carbonyl (C=O) groups is 1. The van der Waals surface area contributed by atoms with E-state index in [4.69, 9.17) is 0 Å². The SMILES string of the molecule is Cc1cnc(C2CC2)n1CC1CCCN(C(=O)CC2CCCCC2)C1. The molecule has 1 amide bonds. The zero-order valence-electron chi connectivity index (χ0n) is 15.8. The van der Waals surface area contributed by atoms with Crippen molar-refractivity contribution in [2.75, 3.05) is 13.1 Å². The monoisotopic (exact) mass is 343 g/mol. The Morgan fingerprint density at radius 3 is 2.60 bits per heavy atom. The number of carbonyl (C=O) groups excluding carboxylic acids is 1. The van der Waals surface area contributed by atoms with Gasteiger partial charge in [-0.25, -0.2) is 4.98 Å². The summed E-state index contributed by atoms with van der Waals surface area (Å²) in [5, 5.41) is 0. The lowest BCUT2D eigenvalue weighted by Crippen LogP contribution is -2.42. The molecule has 0 radical (unpaired) electrons. The Kier molecular flexibility index (Phi) is 5.14. The fourth-order valence-corrected chi connectivity index (χ4v) is 4.85. The average molecular weight is 344 g/mol. The number of imidazole rings is 1. The molecule has 1 aliphatic heterocycles. The molecule has 1 saturated heterocycles. The van der Waals surface area contributed by atoms with E-state index in [-0.39, 0.29) is 0 Å². The average Bonchev–Trinajstić information content (AvgIpc) is 3.41. The molecule has 4 rings (SSSR count). The number of nitrogens with zero attached hydrogens (tertiary/aromatic N) is 3. The standard InChI is InChI=1S/C21H33N3O/c1-16-13-22-21(19-9-10-19)24(16)15-18-8-5-11-23(14-18)20(25)12-17-6-3-2-4-7-17/h13,17-19H,2-12,14-15H2,1H3. The summed E-state index contributed by atoms with van der Waals surface area (Å²) in [5.41, 5.74) is 1.28. The van der Waals surface area contributed by atoms with Crippen molar-refractivity contribution in [2.45, 2.75) is 83.6 Å². The number of likely N-dealkylation sites (tertiary alicyclic amines) is 1. The summed E-state index contributed by atoms with van der Waals surface area (Å²) >= 11 is 0. The van der Waals surface area contributed by atoms with Crippen LogP contribution in [0.1, 0.15) is 81.6 Å². The van der Waals surface area contributed by atoms with Crippen LogP contribution in [0.25, 0.3) is 0 Å². The van der Waals surface area contributed by atoms with Crippen molar-refractivity contribution in [1.29, 1.82) is 0 Å². The maximum atomic E-state index is 12.8. The van der Waals surface area contributed by atoms with Crippen molar-refractivity contribution in [1.82, 2.24) is 14.5 Å². The first-order chi connectivity index (χ1) is 12.2. The van der Waals surface area contributed by atoms with Gasteiger partial charge >= 0.3 is 0 Å². The van der Waals surface area contributed by atoms with Crippen LogP contribution in [-0.4, -0.2) is 33.4 Å². The molecular weight excluding hydrogens is 310 g/mol. The van der Waals surface area contributed by atoms with Gasteiger partial charge in [-0.3, -0.25) is 4.79 Å². The van der Waals surface area contributed by atoms with Gasteiger partial charge < -0.3 is 9.47 Å². The van der Waals surface area contributed by atoms with E-state index in [2.05, 4.69) is 21.4 Å². The lowest BCUT2D eigenvalue weighted by Gasteiger charge is -2.34. The zero-order chi connectivity index (χ0) is 17.2. The number of rotatable bonds is 5. The maximum absolute atomic E-state index is 12.8. The van der Waals surface area contributed by atoms with Gasteiger partial charge in [-0.05, 0) is 57.3 Å². The Labute approximate surface area is 152 Å². The molecule has 4 heteroatoms. The second-order valence-electron chi connectivity index (χ2n) is 8.70. The van der Waals surface area contributed by atoms with Crippen LogP contribution in [0.2, 0.25) is 0 Å². The molecule has 1 atom stereocenters. The van der Waals surface area contributed by atoms with Crippen LogP contribution in [0.5, 0.6) is 0 Å². The lowest BCUT2D eigenvalue weighted by atomic mass is 9.86. The molecule has 0 N–H and O–H groups in total. The first-order valence-corrected chi connectivity index (χ1v) is 10.5. The van der Waals surface area contributed by atoms with E-state index in [0.717, 1.165) is 32.5 Å². The second kappa shape index (κ2) is 7.51. The minimum atomic E-state index is 0.418. The molecule has 2 saturated carbocycles. The topological polar surface area (TPSA) is 38.1 Å². The summed E-state index contributed by atoms with van der Waals surface area (Å²) in [7, 11) is 0. The van der Waals surface area contributed by atoms with Crippen molar-refractivity contribution in [3.05, 3.63) is 17.7 Å². The molecule has 0 spiro atoms. The van der Waals surface area contributed by atoms with Gasteiger partial charge in [-0.2, -0.15) is 0 Å². The zero-order valence-corrected chi connectivity index (χ0v) is 15.8. The highest BCUT2D eigenvalue weighted by atomic mass is 16.2. The van der Waals surface area contributed by atoms with Crippen molar-refractivity contribution >= 4 is 5.91 Å². The number of piperidine rings is 1. The van der Waals surface area contributed by atoms with Crippen LogP contribution in [0.4, 0.5) is 0 Å². The Hall–Kier alpha value is -1.32. The summed E-state index contributed by atoms with van der Waals surface area (Å²) < 4.78 is 2.44. The largest absolute Gasteiger partial charge is 0.342 e. The molecule has 0 bridgehead atoms. The predicted octanol–water partition coefficient (Wildman–Crippen LogP) is 4.28. The van der Waals surface area contributed by atoms with Gasteiger partial charge in [0.05, 0.1) is 0 Å². The molecule has 1 unspecified atom stereocenters. The van der Waals surface area contributed by atoms with E-state index in [1.54, 1.807) is 0 Å². The minimum Gasteiger partial charge on any atom is -0.342 e. The van der Waals surface area contributed by atoms with Crippen molar-refractivity contribution in [3.8, 4) is 0 Å². The van der Waals surface area contributed by atoms with Crippen molar-refractivity contribution in [3.63, 3.8) is 0 Å². The Morgan fingerprint density at radius 1 is 1.08 bits per heavy atom. The fraction of sp³-hybridized carbons (Fsp3) is 0.810. The van der Waals surface area contributed by atoms with E-state index in [1.165, 1.54) is 62.9 Å². The summed E-state index contributed by atoms with van der Waals surface area (Å²) in [6, 6.07) is 0. The molecule has 25 heavy (non-hydrogen) atoms. The maximum Gasteiger partial charge on any atom is 0.222 e. The molecule has 3 aliphatic rings. The summed E-state index contributed by atoms with van der Waals surface area (Å²) in [4.78, 5) is 19.6. The fourth-order valence-electron chi connectivity index (χ4n) is 4.85. The molecule has 1 aromatic heterocycles. The van der Waals surface area contributed by atoms with Crippen molar-refractivity contribution in [2.24, 2.45) is 11.8 Å². The predicted molar refractivity (Wildman–Crippen MR) is 99.4 cm³/mol. The van der Waals surface area contributed by atoms with Crippen molar-refractivity contribution < 1.29 is 4.79 Å².